The molecule has 240 valence electrons. The fourth-order valence-corrected chi connectivity index (χ4v) is 6.04. The summed E-state index contributed by atoms with van der Waals surface area (Å²) < 4.78 is 0. The van der Waals surface area contributed by atoms with Crippen molar-refractivity contribution in [1.29, 1.82) is 0 Å². The molecule has 0 aromatic heterocycles. The van der Waals surface area contributed by atoms with E-state index in [0.29, 0.717) is 12.8 Å². The Kier molecular flexibility index (Phi) is 21.6. The number of Topliss-reactive ketones (excluding diaryl/α,β-unsaturated/α-hetero) is 2. The molecule has 0 amide bonds. The summed E-state index contributed by atoms with van der Waals surface area (Å²) in [7, 11) is 0. The molecule has 0 unspecified atom stereocenters. The minimum atomic E-state index is 0.267. The maximum absolute atomic E-state index is 12.6. The van der Waals surface area contributed by atoms with Crippen LogP contribution in [0.25, 0.3) is 0 Å². The second kappa shape index (κ2) is 25.1. The van der Waals surface area contributed by atoms with E-state index in [1.807, 2.05) is 24.3 Å². The van der Waals surface area contributed by atoms with Gasteiger partial charge in [-0.05, 0) is 30.4 Å². The average molecular weight is 589 g/mol. The summed E-state index contributed by atoms with van der Waals surface area (Å²) >= 11 is 0. The largest absolute Gasteiger partial charge is 0.294 e. The van der Waals surface area contributed by atoms with Crippen molar-refractivity contribution in [2.75, 3.05) is 0 Å². The third-order valence-corrected chi connectivity index (χ3v) is 8.97. The molecule has 0 N–H and O–H groups in total. The maximum Gasteiger partial charge on any atom is 0.162 e. The number of carbonyl (C=O) groups excluding carboxylic acids is 2. The van der Waals surface area contributed by atoms with Crippen LogP contribution in [0.5, 0.6) is 0 Å². The van der Waals surface area contributed by atoms with Gasteiger partial charge in [0.05, 0.1) is 0 Å². The average Bonchev–Trinajstić information content (AvgIpc) is 3.03. The Hall–Kier alpha value is -2.22. The van der Waals surface area contributed by atoms with Crippen molar-refractivity contribution >= 4 is 11.6 Å². The van der Waals surface area contributed by atoms with Crippen LogP contribution in [0, 0.1) is 0 Å². The summed E-state index contributed by atoms with van der Waals surface area (Å²) in [5.74, 6) is 0.534. The van der Waals surface area contributed by atoms with Crippen LogP contribution in [0.15, 0.2) is 48.5 Å². The van der Waals surface area contributed by atoms with Crippen molar-refractivity contribution < 1.29 is 9.59 Å². The highest BCUT2D eigenvalue weighted by Gasteiger charge is 2.08. The molecule has 0 atom stereocenters. The second-order valence-corrected chi connectivity index (χ2v) is 13.0. The van der Waals surface area contributed by atoms with Crippen molar-refractivity contribution in [2.24, 2.45) is 0 Å². The molecule has 0 aliphatic heterocycles. The lowest BCUT2D eigenvalue weighted by Crippen LogP contribution is -2.00. The van der Waals surface area contributed by atoms with E-state index in [2.05, 4.69) is 38.1 Å². The Labute approximate surface area is 265 Å². The van der Waals surface area contributed by atoms with Gasteiger partial charge in [0.1, 0.15) is 0 Å². The summed E-state index contributed by atoms with van der Waals surface area (Å²) in [5.41, 5.74) is 4.07. The van der Waals surface area contributed by atoms with Crippen LogP contribution in [0.1, 0.15) is 200 Å². The normalized spacial score (nSPS) is 11.2. The molecule has 0 aliphatic rings. The molecule has 0 fully saturated rings. The van der Waals surface area contributed by atoms with E-state index in [-0.39, 0.29) is 11.6 Å². The summed E-state index contributed by atoms with van der Waals surface area (Å²) in [4.78, 5) is 25.3. The molecule has 0 saturated carbocycles. The molecular weight excluding hydrogens is 524 g/mol. The summed E-state index contributed by atoms with van der Waals surface area (Å²) in [6.07, 6.45) is 30.8. The summed E-state index contributed by atoms with van der Waals surface area (Å²) in [6.45, 7) is 4.54. The van der Waals surface area contributed by atoms with E-state index in [9.17, 15) is 9.59 Å². The first kappa shape index (κ1) is 37.0. The predicted octanol–water partition coefficient (Wildman–Crippen LogP) is 13.0. The van der Waals surface area contributed by atoms with Gasteiger partial charge in [-0.1, -0.05) is 191 Å². The monoisotopic (exact) mass is 588 g/mol. The molecular formula is C41H64O2. The van der Waals surface area contributed by atoms with Gasteiger partial charge >= 0.3 is 0 Å². The quantitative estimate of drug-likeness (QED) is 0.0732. The SMILES string of the molecule is CCCCCCCCCCCCCC(=O)c1ccc(Cc2ccc(C(=O)CCCCCCCCCCCCC)cc2)cc1. The lowest BCUT2D eigenvalue weighted by atomic mass is 9.98. The number of hydrogen-bond donors (Lipinski definition) is 0. The Morgan fingerprint density at radius 2 is 0.628 bits per heavy atom. The molecule has 43 heavy (non-hydrogen) atoms. The zero-order valence-electron chi connectivity index (χ0n) is 28.1. The number of hydrogen-bond acceptors (Lipinski definition) is 2. The molecule has 0 spiro atoms. The van der Waals surface area contributed by atoms with Crippen LogP contribution in [0.3, 0.4) is 0 Å². The van der Waals surface area contributed by atoms with Gasteiger partial charge in [0.15, 0.2) is 11.6 Å². The summed E-state index contributed by atoms with van der Waals surface area (Å²) in [6, 6.07) is 16.3. The molecule has 0 aliphatic carbocycles. The fourth-order valence-electron chi connectivity index (χ4n) is 6.04. The first-order chi connectivity index (χ1) is 21.1. The van der Waals surface area contributed by atoms with E-state index in [1.165, 1.54) is 127 Å². The van der Waals surface area contributed by atoms with Crippen LogP contribution in [0.4, 0.5) is 0 Å². The van der Waals surface area contributed by atoms with Crippen molar-refractivity contribution in [1.82, 2.24) is 0 Å². The number of benzene rings is 2. The van der Waals surface area contributed by atoms with Gasteiger partial charge in [-0.2, -0.15) is 0 Å². The van der Waals surface area contributed by atoms with Gasteiger partial charge in [0, 0.05) is 24.0 Å². The van der Waals surface area contributed by atoms with Gasteiger partial charge in [-0.15, -0.1) is 0 Å². The van der Waals surface area contributed by atoms with Crippen LogP contribution < -0.4 is 0 Å². The molecule has 2 nitrogen and oxygen atoms in total. The number of ketones is 2. The van der Waals surface area contributed by atoms with Crippen molar-refractivity contribution in [3.8, 4) is 0 Å². The zero-order chi connectivity index (χ0) is 30.8. The van der Waals surface area contributed by atoms with Gasteiger partial charge in [0.25, 0.3) is 0 Å². The first-order valence-electron chi connectivity index (χ1n) is 18.4. The fraction of sp³-hybridized carbons (Fsp3) is 0.659. The van der Waals surface area contributed by atoms with Crippen LogP contribution in [0.2, 0.25) is 0 Å². The Morgan fingerprint density at radius 3 is 0.907 bits per heavy atom. The maximum atomic E-state index is 12.6. The second-order valence-electron chi connectivity index (χ2n) is 13.0. The predicted molar refractivity (Wildman–Crippen MR) is 187 cm³/mol. The van der Waals surface area contributed by atoms with E-state index >= 15 is 0 Å². The minimum Gasteiger partial charge on any atom is -0.294 e. The van der Waals surface area contributed by atoms with E-state index < -0.39 is 0 Å². The van der Waals surface area contributed by atoms with Crippen LogP contribution in [-0.2, 0) is 6.42 Å². The molecule has 0 radical (unpaired) electrons. The smallest absolute Gasteiger partial charge is 0.162 e. The number of unbranched alkanes of at least 4 members (excludes halogenated alkanes) is 20. The Morgan fingerprint density at radius 1 is 0.372 bits per heavy atom. The van der Waals surface area contributed by atoms with Crippen LogP contribution in [-0.4, -0.2) is 11.6 Å². The van der Waals surface area contributed by atoms with Crippen molar-refractivity contribution in [3.63, 3.8) is 0 Å². The third kappa shape index (κ3) is 18.2. The van der Waals surface area contributed by atoms with E-state index in [1.54, 1.807) is 0 Å². The molecule has 0 saturated heterocycles. The van der Waals surface area contributed by atoms with E-state index in [0.717, 1.165) is 43.2 Å². The lowest BCUT2D eigenvalue weighted by molar-refractivity contribution is 0.0971. The standard InChI is InChI=1S/C41H64O2/c1-3-5-7-9-11-13-15-17-19-21-23-25-40(42)38-31-27-36(28-32-38)35-37-29-33-39(34-30-37)41(43)26-24-22-20-18-16-14-12-10-8-6-4-2/h27-34H,3-26,35H2,1-2H3. The first-order valence-corrected chi connectivity index (χ1v) is 18.4. The Bertz CT molecular complexity index is 877. The van der Waals surface area contributed by atoms with Gasteiger partial charge in [-0.25, -0.2) is 0 Å². The molecule has 0 bridgehead atoms. The minimum absolute atomic E-state index is 0.267. The molecule has 0 heterocycles. The molecule has 2 rings (SSSR count). The van der Waals surface area contributed by atoms with Gasteiger partial charge < -0.3 is 0 Å². The Balaban J connectivity index is 1.55. The number of carbonyl (C=O) groups is 2. The van der Waals surface area contributed by atoms with Gasteiger partial charge in [0.2, 0.25) is 0 Å². The highest BCUT2D eigenvalue weighted by molar-refractivity contribution is 5.96. The lowest BCUT2D eigenvalue weighted by Gasteiger charge is -2.07. The van der Waals surface area contributed by atoms with Crippen molar-refractivity contribution in [2.45, 2.75) is 174 Å². The molecule has 2 aromatic rings. The van der Waals surface area contributed by atoms with Crippen molar-refractivity contribution in [3.05, 3.63) is 70.8 Å². The molecule has 2 aromatic carbocycles. The third-order valence-electron chi connectivity index (χ3n) is 8.97. The molecule has 2 heteroatoms. The highest BCUT2D eigenvalue weighted by atomic mass is 16.1. The highest BCUT2D eigenvalue weighted by Crippen LogP contribution is 2.18. The van der Waals surface area contributed by atoms with Gasteiger partial charge in [-0.3, -0.25) is 9.59 Å². The topological polar surface area (TPSA) is 34.1 Å². The summed E-state index contributed by atoms with van der Waals surface area (Å²) in [5, 5.41) is 0. The van der Waals surface area contributed by atoms with Crippen LogP contribution >= 0.6 is 0 Å². The zero-order valence-corrected chi connectivity index (χ0v) is 28.1. The van der Waals surface area contributed by atoms with E-state index in [4.69, 9.17) is 0 Å². The number of rotatable bonds is 28.